The summed E-state index contributed by atoms with van der Waals surface area (Å²) in [5.74, 6) is 2.87. The van der Waals surface area contributed by atoms with Gasteiger partial charge in [0.25, 0.3) is 0 Å². The second-order valence-electron chi connectivity index (χ2n) is 5.50. The van der Waals surface area contributed by atoms with E-state index in [9.17, 15) is 4.79 Å². The highest BCUT2D eigenvalue weighted by molar-refractivity contribution is 5.76. The molecule has 0 unspecified atom stereocenters. The Morgan fingerprint density at radius 1 is 1.14 bits per heavy atom. The molecule has 0 radical (unpaired) electrons. The Morgan fingerprint density at radius 2 is 1.76 bits per heavy atom. The Hall–Kier alpha value is -1.85. The fourth-order valence-corrected chi connectivity index (χ4v) is 1.84. The van der Waals surface area contributed by atoms with Crippen LogP contribution in [0.4, 0.5) is 11.6 Å². The first-order valence-corrected chi connectivity index (χ1v) is 7.53. The number of nitrogens with zero attached hydrogens (tertiary/aromatic N) is 2. The van der Waals surface area contributed by atoms with Crippen molar-refractivity contribution in [1.82, 2.24) is 15.3 Å². The second-order valence-corrected chi connectivity index (χ2v) is 5.50. The zero-order valence-corrected chi connectivity index (χ0v) is 13.7. The van der Waals surface area contributed by atoms with Crippen LogP contribution in [-0.4, -0.2) is 35.5 Å². The van der Waals surface area contributed by atoms with Gasteiger partial charge in [0.1, 0.15) is 17.5 Å². The lowest BCUT2D eigenvalue weighted by Gasteiger charge is -2.13. The number of aryl methyl sites for hydroxylation is 1. The molecular weight excluding hydrogens is 266 g/mol. The van der Waals surface area contributed by atoms with Crippen LogP contribution in [0.1, 0.15) is 38.6 Å². The van der Waals surface area contributed by atoms with Crippen LogP contribution in [0.25, 0.3) is 0 Å². The van der Waals surface area contributed by atoms with Crippen LogP contribution >= 0.6 is 0 Å². The molecule has 0 spiro atoms. The first kappa shape index (κ1) is 17.2. The molecule has 3 N–H and O–H groups in total. The lowest BCUT2D eigenvalue weighted by atomic mass is 10.2. The van der Waals surface area contributed by atoms with E-state index in [1.807, 2.05) is 20.8 Å². The van der Waals surface area contributed by atoms with E-state index in [0.717, 1.165) is 30.3 Å². The maximum absolute atomic E-state index is 11.7. The van der Waals surface area contributed by atoms with Crippen LogP contribution in [0.2, 0.25) is 0 Å². The van der Waals surface area contributed by atoms with Gasteiger partial charge < -0.3 is 16.0 Å². The quantitative estimate of drug-likeness (QED) is 0.684. The summed E-state index contributed by atoms with van der Waals surface area (Å²) in [6, 6.07) is 0. The summed E-state index contributed by atoms with van der Waals surface area (Å²) in [7, 11) is 0. The van der Waals surface area contributed by atoms with E-state index in [1.54, 1.807) is 0 Å². The molecule has 21 heavy (non-hydrogen) atoms. The van der Waals surface area contributed by atoms with Gasteiger partial charge in [-0.25, -0.2) is 9.97 Å². The van der Waals surface area contributed by atoms with Crippen molar-refractivity contribution >= 4 is 17.5 Å². The third kappa shape index (κ3) is 5.97. The fraction of sp³-hybridized carbons (Fsp3) is 0.667. The number of amides is 1. The Bertz CT molecular complexity index is 473. The molecule has 0 fully saturated rings. The van der Waals surface area contributed by atoms with Crippen molar-refractivity contribution < 1.29 is 4.79 Å². The number of rotatable bonds is 8. The zero-order chi connectivity index (χ0) is 15.8. The predicted octanol–water partition coefficient (Wildman–Crippen LogP) is 2.10. The van der Waals surface area contributed by atoms with Gasteiger partial charge in [-0.1, -0.05) is 13.8 Å². The maximum Gasteiger partial charge on any atom is 0.221 e. The van der Waals surface area contributed by atoms with Crippen molar-refractivity contribution in [2.45, 2.75) is 41.0 Å². The lowest BCUT2D eigenvalue weighted by Crippen LogP contribution is -2.28. The van der Waals surface area contributed by atoms with Crippen LogP contribution in [-0.2, 0) is 4.79 Å². The molecule has 1 heterocycles. The Morgan fingerprint density at radius 3 is 2.33 bits per heavy atom. The van der Waals surface area contributed by atoms with Crippen LogP contribution < -0.4 is 16.0 Å². The standard InChI is InChI=1S/C15H27N5O/c1-6-16-14-11(4)15(20-12(5)19-14)17-8-7-13(21)18-9-10(2)3/h10H,6-9H2,1-5H3,(H,18,21)(H2,16,17,19,20). The number of carbonyl (C=O) groups is 1. The molecule has 0 bridgehead atoms. The molecule has 0 aliphatic heterocycles. The topological polar surface area (TPSA) is 78.9 Å². The van der Waals surface area contributed by atoms with E-state index in [1.165, 1.54) is 0 Å². The Balaban J connectivity index is 2.53. The number of hydrogen-bond donors (Lipinski definition) is 3. The van der Waals surface area contributed by atoms with Crippen molar-refractivity contribution in [2.24, 2.45) is 5.92 Å². The summed E-state index contributed by atoms with van der Waals surface area (Å²) >= 11 is 0. The van der Waals surface area contributed by atoms with Gasteiger partial charge in [0, 0.05) is 31.6 Å². The van der Waals surface area contributed by atoms with Crippen molar-refractivity contribution in [3.63, 3.8) is 0 Å². The summed E-state index contributed by atoms with van der Waals surface area (Å²) in [5.41, 5.74) is 0.977. The maximum atomic E-state index is 11.7. The third-order valence-corrected chi connectivity index (χ3v) is 2.95. The summed E-state index contributed by atoms with van der Waals surface area (Å²) in [5, 5.41) is 9.34. The molecule has 0 saturated carbocycles. The van der Waals surface area contributed by atoms with Gasteiger partial charge in [0.15, 0.2) is 0 Å². The Labute approximate surface area is 127 Å². The minimum absolute atomic E-state index is 0.0616. The molecule has 6 nitrogen and oxygen atoms in total. The zero-order valence-electron chi connectivity index (χ0n) is 13.7. The van der Waals surface area contributed by atoms with Crippen LogP contribution in [0.3, 0.4) is 0 Å². The van der Waals surface area contributed by atoms with Crippen LogP contribution in [0.5, 0.6) is 0 Å². The minimum atomic E-state index is 0.0616. The summed E-state index contributed by atoms with van der Waals surface area (Å²) < 4.78 is 0. The molecule has 0 aromatic carbocycles. The number of aromatic nitrogens is 2. The highest BCUT2D eigenvalue weighted by atomic mass is 16.1. The Kier molecular flexibility index (Phi) is 6.91. The number of hydrogen-bond acceptors (Lipinski definition) is 5. The number of carbonyl (C=O) groups excluding carboxylic acids is 1. The van der Waals surface area contributed by atoms with Crippen molar-refractivity contribution in [3.05, 3.63) is 11.4 Å². The monoisotopic (exact) mass is 293 g/mol. The van der Waals surface area contributed by atoms with Crippen molar-refractivity contribution in [1.29, 1.82) is 0 Å². The highest BCUT2D eigenvalue weighted by Crippen LogP contribution is 2.19. The van der Waals surface area contributed by atoms with Gasteiger partial charge in [0.2, 0.25) is 5.91 Å². The van der Waals surface area contributed by atoms with Crippen molar-refractivity contribution in [2.75, 3.05) is 30.3 Å². The van der Waals surface area contributed by atoms with Gasteiger partial charge in [0.05, 0.1) is 0 Å². The molecule has 1 rings (SSSR count). The molecule has 0 aliphatic rings. The fourth-order valence-electron chi connectivity index (χ4n) is 1.84. The van der Waals surface area contributed by atoms with E-state index in [0.29, 0.717) is 24.7 Å². The van der Waals surface area contributed by atoms with E-state index < -0.39 is 0 Å². The van der Waals surface area contributed by atoms with E-state index in [2.05, 4.69) is 39.8 Å². The molecule has 0 atom stereocenters. The molecule has 118 valence electrons. The smallest absolute Gasteiger partial charge is 0.221 e. The van der Waals surface area contributed by atoms with Gasteiger partial charge in [-0.2, -0.15) is 0 Å². The SMILES string of the molecule is CCNc1nc(C)nc(NCCC(=O)NCC(C)C)c1C. The molecule has 6 heteroatoms. The summed E-state index contributed by atoms with van der Waals surface area (Å²) in [4.78, 5) is 20.4. The normalized spacial score (nSPS) is 10.6. The first-order valence-electron chi connectivity index (χ1n) is 7.53. The van der Waals surface area contributed by atoms with Crippen LogP contribution in [0.15, 0.2) is 0 Å². The van der Waals surface area contributed by atoms with Gasteiger partial charge in [-0.3, -0.25) is 4.79 Å². The number of anilines is 2. The van der Waals surface area contributed by atoms with E-state index >= 15 is 0 Å². The molecule has 1 amide bonds. The average molecular weight is 293 g/mol. The molecule has 1 aromatic rings. The lowest BCUT2D eigenvalue weighted by molar-refractivity contribution is -0.120. The number of nitrogens with one attached hydrogen (secondary N) is 3. The van der Waals surface area contributed by atoms with Gasteiger partial charge in [-0.05, 0) is 26.7 Å². The van der Waals surface area contributed by atoms with Gasteiger partial charge in [-0.15, -0.1) is 0 Å². The molecule has 0 aliphatic carbocycles. The van der Waals surface area contributed by atoms with Crippen molar-refractivity contribution in [3.8, 4) is 0 Å². The van der Waals surface area contributed by atoms with Gasteiger partial charge >= 0.3 is 0 Å². The summed E-state index contributed by atoms with van der Waals surface area (Å²) in [6.07, 6.45) is 0.436. The predicted molar refractivity (Wildman–Crippen MR) is 86.6 cm³/mol. The minimum Gasteiger partial charge on any atom is -0.370 e. The first-order chi connectivity index (χ1) is 9.93. The second kappa shape index (κ2) is 8.44. The molecular formula is C15H27N5O. The average Bonchev–Trinajstić information content (AvgIpc) is 2.41. The molecule has 0 saturated heterocycles. The van der Waals surface area contributed by atoms with Crippen LogP contribution in [0, 0.1) is 19.8 Å². The highest BCUT2D eigenvalue weighted by Gasteiger charge is 2.09. The largest absolute Gasteiger partial charge is 0.370 e. The molecule has 1 aromatic heterocycles. The third-order valence-electron chi connectivity index (χ3n) is 2.95. The summed E-state index contributed by atoms with van der Waals surface area (Å²) in [6.45, 7) is 12.1. The van der Waals surface area contributed by atoms with E-state index in [4.69, 9.17) is 0 Å². The van der Waals surface area contributed by atoms with E-state index in [-0.39, 0.29) is 5.91 Å².